The Morgan fingerprint density at radius 3 is 2.57 bits per heavy atom. The molecule has 0 spiro atoms. The molecule has 0 amide bonds. The van der Waals surface area contributed by atoms with Crippen molar-refractivity contribution in [3.05, 3.63) is 42.0 Å². The fourth-order valence-electron chi connectivity index (χ4n) is 1.30. The first-order valence-electron chi connectivity index (χ1n) is 4.77. The first kappa shape index (κ1) is 10.6. The summed E-state index contributed by atoms with van der Waals surface area (Å²) in [5, 5.41) is 1.92. The number of hydrogen-bond donors (Lipinski definition) is 0. The van der Waals surface area contributed by atoms with Gasteiger partial charge in [0, 0.05) is 17.8 Å². The highest BCUT2D eigenvalue weighted by Gasteiger charge is 1.97. The highest BCUT2D eigenvalue weighted by atomic mass is 19.1. The zero-order valence-corrected chi connectivity index (χ0v) is 8.71. The normalized spacial score (nSPS) is 9.43. The Balaban J connectivity index is 0.000000461. The molecule has 0 fully saturated rings. The van der Waals surface area contributed by atoms with Crippen molar-refractivity contribution in [2.45, 2.75) is 20.8 Å². The molecule has 1 aromatic heterocycles. The minimum Gasteiger partial charge on any atom is -0.264 e. The van der Waals surface area contributed by atoms with Gasteiger partial charge >= 0.3 is 0 Å². The van der Waals surface area contributed by atoms with Crippen LogP contribution in [0.3, 0.4) is 0 Å². The van der Waals surface area contributed by atoms with Gasteiger partial charge in [0.15, 0.2) is 0 Å². The predicted molar refractivity (Wildman–Crippen MR) is 57.8 cm³/mol. The van der Waals surface area contributed by atoms with Crippen molar-refractivity contribution >= 4 is 10.8 Å². The van der Waals surface area contributed by atoms with E-state index in [9.17, 15) is 4.39 Å². The van der Waals surface area contributed by atoms with Crippen molar-refractivity contribution in [3.8, 4) is 0 Å². The highest BCUT2D eigenvalue weighted by molar-refractivity contribution is 5.84. The smallest absolute Gasteiger partial charge is 0.123 e. The number of aromatic nitrogens is 1. The summed E-state index contributed by atoms with van der Waals surface area (Å²) in [6.45, 7) is 5.97. The first-order chi connectivity index (χ1) is 6.77. The van der Waals surface area contributed by atoms with Crippen LogP contribution in [0.5, 0.6) is 0 Å². The van der Waals surface area contributed by atoms with Crippen LogP contribution in [-0.2, 0) is 0 Å². The summed E-state index contributed by atoms with van der Waals surface area (Å²) < 4.78 is 12.7. The summed E-state index contributed by atoms with van der Waals surface area (Å²) in [5.74, 6) is -0.213. The number of rotatable bonds is 0. The lowest BCUT2D eigenvalue weighted by Gasteiger charge is -1.99. The number of hydrogen-bond acceptors (Lipinski definition) is 1. The first-order valence-corrected chi connectivity index (χ1v) is 4.77. The van der Waals surface area contributed by atoms with E-state index in [0.29, 0.717) is 0 Å². The van der Waals surface area contributed by atoms with Crippen molar-refractivity contribution in [1.29, 1.82) is 0 Å². The van der Waals surface area contributed by atoms with Gasteiger partial charge in [0.2, 0.25) is 0 Å². The van der Waals surface area contributed by atoms with Gasteiger partial charge in [-0.05, 0) is 30.0 Å². The molecule has 0 aliphatic heterocycles. The van der Waals surface area contributed by atoms with E-state index in [-0.39, 0.29) is 5.82 Å². The molecule has 1 heterocycles. The molecule has 0 aliphatic carbocycles. The van der Waals surface area contributed by atoms with Gasteiger partial charge in [-0.15, -0.1) is 0 Å². The van der Waals surface area contributed by atoms with E-state index in [1.54, 1.807) is 18.5 Å². The lowest BCUT2D eigenvalue weighted by atomic mass is 10.1. The number of aryl methyl sites for hydroxylation is 1. The molecular weight excluding hydrogens is 177 g/mol. The topological polar surface area (TPSA) is 12.9 Å². The van der Waals surface area contributed by atoms with Crippen molar-refractivity contribution in [2.24, 2.45) is 0 Å². The molecule has 0 bridgehead atoms. The van der Waals surface area contributed by atoms with Crippen LogP contribution >= 0.6 is 0 Å². The summed E-state index contributed by atoms with van der Waals surface area (Å²) >= 11 is 0. The average molecular weight is 191 g/mol. The molecule has 2 heteroatoms. The van der Waals surface area contributed by atoms with E-state index in [0.717, 1.165) is 16.3 Å². The minimum absolute atomic E-state index is 0.213. The molecular formula is C12H14FN. The van der Waals surface area contributed by atoms with Gasteiger partial charge in [-0.25, -0.2) is 4.39 Å². The Labute approximate surface area is 83.6 Å². The zero-order chi connectivity index (χ0) is 10.6. The largest absolute Gasteiger partial charge is 0.264 e. The Morgan fingerprint density at radius 1 is 1.14 bits per heavy atom. The summed E-state index contributed by atoms with van der Waals surface area (Å²) in [4.78, 5) is 3.99. The van der Waals surface area contributed by atoms with E-state index in [1.807, 2.05) is 20.8 Å². The number of fused-ring (bicyclic) bond motifs is 1. The molecule has 0 saturated heterocycles. The van der Waals surface area contributed by atoms with Crippen LogP contribution in [0.4, 0.5) is 4.39 Å². The summed E-state index contributed by atoms with van der Waals surface area (Å²) in [6.07, 6.45) is 3.45. The maximum atomic E-state index is 12.7. The Kier molecular flexibility index (Phi) is 3.57. The van der Waals surface area contributed by atoms with E-state index in [2.05, 4.69) is 4.98 Å². The lowest BCUT2D eigenvalue weighted by molar-refractivity contribution is 0.629. The molecule has 2 rings (SSSR count). The Hall–Kier alpha value is -1.44. The van der Waals surface area contributed by atoms with Crippen molar-refractivity contribution < 1.29 is 4.39 Å². The number of pyridine rings is 1. The monoisotopic (exact) mass is 191 g/mol. The summed E-state index contributed by atoms with van der Waals surface area (Å²) in [6, 6.07) is 4.74. The fourth-order valence-corrected chi connectivity index (χ4v) is 1.30. The summed E-state index contributed by atoms with van der Waals surface area (Å²) in [7, 11) is 0. The van der Waals surface area contributed by atoms with Crippen molar-refractivity contribution in [3.63, 3.8) is 0 Å². The van der Waals surface area contributed by atoms with E-state index < -0.39 is 0 Å². The van der Waals surface area contributed by atoms with Crippen LogP contribution in [0.15, 0.2) is 30.6 Å². The van der Waals surface area contributed by atoms with Crippen LogP contribution in [-0.4, -0.2) is 4.98 Å². The van der Waals surface area contributed by atoms with Gasteiger partial charge in [0.25, 0.3) is 0 Å². The number of nitrogens with zero attached hydrogens (tertiary/aromatic N) is 1. The maximum absolute atomic E-state index is 12.7. The standard InChI is InChI=1S/C10H8FN.C2H6/c1-7-5-12-6-8-4-9(11)2-3-10(7)8;1-2/h2-6H,1H3;1-2H3. The van der Waals surface area contributed by atoms with Crippen LogP contribution in [0, 0.1) is 12.7 Å². The molecule has 0 N–H and O–H groups in total. The van der Waals surface area contributed by atoms with Crippen molar-refractivity contribution in [1.82, 2.24) is 4.98 Å². The van der Waals surface area contributed by atoms with Gasteiger partial charge in [0.05, 0.1) is 0 Å². The second-order valence-electron chi connectivity index (χ2n) is 2.82. The van der Waals surface area contributed by atoms with Gasteiger partial charge < -0.3 is 0 Å². The van der Waals surface area contributed by atoms with E-state index in [1.165, 1.54) is 12.1 Å². The molecule has 0 aliphatic rings. The minimum atomic E-state index is -0.213. The second-order valence-corrected chi connectivity index (χ2v) is 2.82. The molecule has 1 aromatic carbocycles. The second kappa shape index (κ2) is 4.70. The maximum Gasteiger partial charge on any atom is 0.123 e. The van der Waals surface area contributed by atoms with Gasteiger partial charge in [-0.1, -0.05) is 19.9 Å². The molecule has 0 radical (unpaired) electrons. The van der Waals surface area contributed by atoms with E-state index >= 15 is 0 Å². The number of halogens is 1. The predicted octanol–water partition coefficient (Wildman–Crippen LogP) is 3.71. The Bertz CT molecular complexity index is 424. The molecule has 0 atom stereocenters. The molecule has 74 valence electrons. The SMILES string of the molecule is CC.Cc1cncc2cc(F)ccc12. The third kappa shape index (κ3) is 2.08. The average Bonchev–Trinajstić information content (AvgIpc) is 2.21. The number of benzene rings is 1. The van der Waals surface area contributed by atoms with E-state index in [4.69, 9.17) is 0 Å². The van der Waals surface area contributed by atoms with Crippen LogP contribution in [0.2, 0.25) is 0 Å². The molecule has 1 nitrogen and oxygen atoms in total. The molecule has 2 aromatic rings. The fraction of sp³-hybridized carbons (Fsp3) is 0.250. The van der Waals surface area contributed by atoms with Gasteiger partial charge in [-0.2, -0.15) is 0 Å². The molecule has 0 saturated carbocycles. The van der Waals surface area contributed by atoms with Crippen LogP contribution < -0.4 is 0 Å². The Morgan fingerprint density at radius 2 is 1.86 bits per heavy atom. The lowest BCUT2D eigenvalue weighted by Crippen LogP contribution is -1.82. The quantitative estimate of drug-likeness (QED) is 0.618. The van der Waals surface area contributed by atoms with Crippen molar-refractivity contribution in [2.75, 3.05) is 0 Å². The highest BCUT2D eigenvalue weighted by Crippen LogP contribution is 2.17. The van der Waals surface area contributed by atoms with Crippen LogP contribution in [0.25, 0.3) is 10.8 Å². The zero-order valence-electron chi connectivity index (χ0n) is 8.71. The molecule has 14 heavy (non-hydrogen) atoms. The molecule has 0 unspecified atom stereocenters. The van der Waals surface area contributed by atoms with Gasteiger partial charge in [-0.3, -0.25) is 4.98 Å². The summed E-state index contributed by atoms with van der Waals surface area (Å²) in [5.41, 5.74) is 1.08. The third-order valence-corrected chi connectivity index (χ3v) is 1.92. The third-order valence-electron chi connectivity index (χ3n) is 1.92. The van der Waals surface area contributed by atoms with Crippen LogP contribution in [0.1, 0.15) is 19.4 Å². The van der Waals surface area contributed by atoms with Gasteiger partial charge in [0.1, 0.15) is 5.82 Å².